The highest BCUT2D eigenvalue weighted by atomic mass is 16.4. The maximum absolute atomic E-state index is 9.95. The predicted molar refractivity (Wildman–Crippen MR) is 37.7 cm³/mol. The summed E-state index contributed by atoms with van der Waals surface area (Å²) in [5.74, 6) is -0.810. The van der Waals surface area contributed by atoms with Gasteiger partial charge in [-0.3, -0.25) is 4.79 Å². The van der Waals surface area contributed by atoms with Gasteiger partial charge >= 0.3 is 5.97 Å². The average Bonchev–Trinajstić information content (AvgIpc) is 1.79. The summed E-state index contributed by atoms with van der Waals surface area (Å²) in [7, 11) is 0. The molecule has 0 aliphatic heterocycles. The minimum atomic E-state index is -0.810. The van der Waals surface area contributed by atoms with E-state index in [2.05, 4.69) is 0 Å². The molecule has 0 aliphatic carbocycles. The Morgan fingerprint density at radius 1 is 1.70 bits per heavy atom. The highest BCUT2D eigenvalue weighted by molar-refractivity contribution is 5.66. The Hall–Kier alpha value is -0.830. The van der Waals surface area contributed by atoms with Crippen molar-refractivity contribution in [1.82, 2.24) is 0 Å². The molecule has 0 aromatic heterocycles. The van der Waals surface area contributed by atoms with E-state index in [-0.39, 0.29) is 6.42 Å². The second-order valence-corrected chi connectivity index (χ2v) is 2.10. The molecule has 58 valence electrons. The summed E-state index contributed by atoms with van der Waals surface area (Å²) in [6.45, 7) is 1.62. The Morgan fingerprint density at radius 3 is 2.70 bits per heavy atom. The normalized spacial score (nSPS) is 13.8. The van der Waals surface area contributed by atoms with Crippen molar-refractivity contribution >= 4 is 5.97 Å². The van der Waals surface area contributed by atoms with Gasteiger partial charge in [-0.05, 0) is 13.3 Å². The Labute approximate surface area is 60.0 Å². The summed E-state index contributed by atoms with van der Waals surface area (Å²) in [5.41, 5.74) is 0. The SMILES string of the molecule is CC(O)/C=C/CCC(=O)O. The van der Waals surface area contributed by atoms with E-state index in [0.29, 0.717) is 6.42 Å². The lowest BCUT2D eigenvalue weighted by Gasteiger charge is -1.91. The summed E-state index contributed by atoms with van der Waals surface area (Å²) >= 11 is 0. The molecule has 0 radical (unpaired) electrons. The molecule has 0 spiro atoms. The summed E-state index contributed by atoms with van der Waals surface area (Å²) in [6, 6.07) is 0. The van der Waals surface area contributed by atoms with Crippen LogP contribution in [-0.2, 0) is 4.79 Å². The second kappa shape index (κ2) is 4.99. The molecule has 1 unspecified atom stereocenters. The van der Waals surface area contributed by atoms with Gasteiger partial charge < -0.3 is 10.2 Å². The number of aliphatic carboxylic acids is 1. The van der Waals surface area contributed by atoms with E-state index in [9.17, 15) is 4.79 Å². The van der Waals surface area contributed by atoms with Gasteiger partial charge in [0.1, 0.15) is 0 Å². The molecule has 2 N–H and O–H groups in total. The van der Waals surface area contributed by atoms with Crippen LogP contribution in [0.5, 0.6) is 0 Å². The molecule has 0 amide bonds. The molecule has 1 atom stereocenters. The van der Waals surface area contributed by atoms with Crippen molar-refractivity contribution in [2.45, 2.75) is 25.9 Å². The van der Waals surface area contributed by atoms with Crippen molar-refractivity contribution in [3.8, 4) is 0 Å². The largest absolute Gasteiger partial charge is 0.481 e. The molecule has 0 aliphatic rings. The van der Waals surface area contributed by atoms with Gasteiger partial charge in [-0.1, -0.05) is 12.2 Å². The number of rotatable bonds is 4. The van der Waals surface area contributed by atoms with Crippen LogP contribution in [0, 0.1) is 0 Å². The monoisotopic (exact) mass is 144 g/mol. The van der Waals surface area contributed by atoms with Gasteiger partial charge in [0.25, 0.3) is 0 Å². The van der Waals surface area contributed by atoms with E-state index in [0.717, 1.165) is 0 Å². The number of aliphatic hydroxyl groups excluding tert-OH is 1. The van der Waals surface area contributed by atoms with Crippen LogP contribution in [0.3, 0.4) is 0 Å². The number of hydrogen-bond acceptors (Lipinski definition) is 2. The van der Waals surface area contributed by atoms with Crippen molar-refractivity contribution < 1.29 is 15.0 Å². The fraction of sp³-hybridized carbons (Fsp3) is 0.571. The first kappa shape index (κ1) is 9.17. The molecule has 10 heavy (non-hydrogen) atoms. The van der Waals surface area contributed by atoms with Gasteiger partial charge in [-0.2, -0.15) is 0 Å². The minimum absolute atomic E-state index is 0.128. The van der Waals surface area contributed by atoms with Gasteiger partial charge in [0, 0.05) is 6.42 Å². The van der Waals surface area contributed by atoms with E-state index in [1.165, 1.54) is 0 Å². The first-order chi connectivity index (χ1) is 4.63. The average molecular weight is 144 g/mol. The lowest BCUT2D eigenvalue weighted by molar-refractivity contribution is -0.136. The number of carbonyl (C=O) groups is 1. The van der Waals surface area contributed by atoms with Gasteiger partial charge in [-0.15, -0.1) is 0 Å². The number of aliphatic hydroxyl groups is 1. The maximum Gasteiger partial charge on any atom is 0.303 e. The molecule has 3 heteroatoms. The van der Waals surface area contributed by atoms with Crippen molar-refractivity contribution in [2.24, 2.45) is 0 Å². The van der Waals surface area contributed by atoms with Crippen LogP contribution >= 0.6 is 0 Å². The third-order valence-electron chi connectivity index (χ3n) is 0.939. The molecule has 0 saturated heterocycles. The first-order valence-electron chi connectivity index (χ1n) is 3.19. The van der Waals surface area contributed by atoms with Crippen molar-refractivity contribution in [3.05, 3.63) is 12.2 Å². The third-order valence-corrected chi connectivity index (χ3v) is 0.939. The van der Waals surface area contributed by atoms with Gasteiger partial charge in [0.15, 0.2) is 0 Å². The van der Waals surface area contributed by atoms with Crippen LogP contribution in [0.1, 0.15) is 19.8 Å². The Kier molecular flexibility index (Phi) is 4.58. The summed E-state index contributed by atoms with van der Waals surface area (Å²) in [6.07, 6.45) is 3.37. The van der Waals surface area contributed by atoms with E-state index in [4.69, 9.17) is 10.2 Å². The van der Waals surface area contributed by atoms with E-state index < -0.39 is 12.1 Å². The smallest absolute Gasteiger partial charge is 0.303 e. The number of carboxylic acids is 1. The van der Waals surface area contributed by atoms with Gasteiger partial charge in [0.2, 0.25) is 0 Å². The zero-order chi connectivity index (χ0) is 7.98. The molecule has 0 saturated carbocycles. The van der Waals surface area contributed by atoms with Crippen LogP contribution < -0.4 is 0 Å². The standard InChI is InChI=1S/C7H12O3/c1-6(8)4-2-3-5-7(9)10/h2,4,6,8H,3,5H2,1H3,(H,9,10)/b4-2+. The Balaban J connectivity index is 3.27. The van der Waals surface area contributed by atoms with Crippen LogP contribution in [0.4, 0.5) is 0 Å². The molecule has 0 aromatic rings. The highest BCUT2D eigenvalue weighted by Crippen LogP contribution is 1.92. The Morgan fingerprint density at radius 2 is 2.30 bits per heavy atom. The number of carboxylic acid groups (broad SMARTS) is 1. The zero-order valence-corrected chi connectivity index (χ0v) is 5.95. The summed E-state index contributed by atoms with van der Waals surface area (Å²) in [4.78, 5) is 9.95. The molecule has 0 fully saturated rings. The quantitative estimate of drug-likeness (QED) is 0.573. The minimum Gasteiger partial charge on any atom is -0.481 e. The lowest BCUT2D eigenvalue weighted by Crippen LogP contribution is -1.94. The summed E-state index contributed by atoms with van der Waals surface area (Å²) < 4.78 is 0. The van der Waals surface area contributed by atoms with Crippen molar-refractivity contribution in [1.29, 1.82) is 0 Å². The first-order valence-corrected chi connectivity index (χ1v) is 3.19. The van der Waals surface area contributed by atoms with Gasteiger partial charge in [0.05, 0.1) is 6.10 Å². The van der Waals surface area contributed by atoms with E-state index in [1.807, 2.05) is 0 Å². The van der Waals surface area contributed by atoms with Crippen molar-refractivity contribution in [2.75, 3.05) is 0 Å². The molecule has 0 bridgehead atoms. The van der Waals surface area contributed by atoms with Crippen LogP contribution in [0.25, 0.3) is 0 Å². The van der Waals surface area contributed by atoms with Crippen molar-refractivity contribution in [3.63, 3.8) is 0 Å². The zero-order valence-electron chi connectivity index (χ0n) is 5.95. The number of allylic oxidation sites excluding steroid dienone is 1. The second-order valence-electron chi connectivity index (χ2n) is 2.10. The van der Waals surface area contributed by atoms with Crippen LogP contribution in [-0.4, -0.2) is 22.3 Å². The fourth-order valence-corrected chi connectivity index (χ4v) is 0.500. The van der Waals surface area contributed by atoms with Crippen LogP contribution in [0.2, 0.25) is 0 Å². The van der Waals surface area contributed by atoms with E-state index in [1.54, 1.807) is 19.1 Å². The molecule has 0 rings (SSSR count). The fourth-order valence-electron chi connectivity index (χ4n) is 0.500. The molecule has 3 nitrogen and oxygen atoms in total. The molecule has 0 heterocycles. The van der Waals surface area contributed by atoms with E-state index >= 15 is 0 Å². The number of hydrogen-bond donors (Lipinski definition) is 2. The van der Waals surface area contributed by atoms with Crippen LogP contribution in [0.15, 0.2) is 12.2 Å². The highest BCUT2D eigenvalue weighted by Gasteiger charge is 1.92. The lowest BCUT2D eigenvalue weighted by atomic mass is 10.2. The maximum atomic E-state index is 9.95. The molecule has 0 aromatic carbocycles. The molecular weight excluding hydrogens is 132 g/mol. The third kappa shape index (κ3) is 7.17. The molecular formula is C7H12O3. The van der Waals surface area contributed by atoms with Gasteiger partial charge in [-0.25, -0.2) is 0 Å². The predicted octanol–water partition coefficient (Wildman–Crippen LogP) is 0.788. The summed E-state index contributed by atoms with van der Waals surface area (Å²) in [5, 5.41) is 16.9. The Bertz CT molecular complexity index is 127. The topological polar surface area (TPSA) is 57.5 Å².